The van der Waals surface area contributed by atoms with Gasteiger partial charge in [0.1, 0.15) is 11.3 Å². The summed E-state index contributed by atoms with van der Waals surface area (Å²) in [4.78, 5) is 28.0. The van der Waals surface area contributed by atoms with Crippen LogP contribution in [-0.2, 0) is 31.2 Å². The van der Waals surface area contributed by atoms with Crippen LogP contribution in [0.1, 0.15) is 54.7 Å². The minimum absolute atomic E-state index is 0.126. The van der Waals surface area contributed by atoms with Crippen molar-refractivity contribution >= 4 is 5.97 Å². The first kappa shape index (κ1) is 24.0. The van der Waals surface area contributed by atoms with Gasteiger partial charge in [-0.05, 0) is 24.3 Å². The lowest BCUT2D eigenvalue weighted by Gasteiger charge is -2.24. The van der Waals surface area contributed by atoms with Crippen LogP contribution in [0.5, 0.6) is 5.75 Å². The minimum atomic E-state index is -0.454. The molecule has 0 saturated carbocycles. The summed E-state index contributed by atoms with van der Waals surface area (Å²) in [5.74, 6) is 0.518. The molecule has 0 amide bonds. The van der Waals surface area contributed by atoms with Crippen LogP contribution in [0.3, 0.4) is 0 Å². The van der Waals surface area contributed by atoms with E-state index < -0.39 is 5.97 Å². The van der Waals surface area contributed by atoms with Gasteiger partial charge >= 0.3 is 5.97 Å². The molecule has 2 aromatic rings. The Kier molecular flexibility index (Phi) is 8.50. The van der Waals surface area contributed by atoms with Gasteiger partial charge in [0.2, 0.25) is 0 Å². The van der Waals surface area contributed by atoms with Gasteiger partial charge < -0.3 is 18.9 Å². The van der Waals surface area contributed by atoms with Gasteiger partial charge in [-0.25, -0.2) is 4.79 Å². The average molecular weight is 445 g/mol. The summed E-state index contributed by atoms with van der Waals surface area (Å²) in [5, 5.41) is 4.17. The predicted molar refractivity (Wildman–Crippen MR) is 123 cm³/mol. The molecule has 0 aliphatic carbocycles. The van der Waals surface area contributed by atoms with E-state index in [1.54, 1.807) is 9.25 Å². The predicted octanol–water partition coefficient (Wildman–Crippen LogP) is 2.67. The van der Waals surface area contributed by atoms with Crippen LogP contribution >= 0.6 is 0 Å². The van der Waals surface area contributed by atoms with E-state index in [2.05, 4.69) is 23.8 Å². The molecule has 3 heterocycles. The van der Waals surface area contributed by atoms with Crippen molar-refractivity contribution < 1.29 is 14.3 Å². The molecule has 0 fully saturated rings. The lowest BCUT2D eigenvalue weighted by atomic mass is 10.0. The zero-order valence-corrected chi connectivity index (χ0v) is 19.8. The van der Waals surface area contributed by atoms with Crippen LogP contribution in [0.15, 0.2) is 23.3 Å². The normalized spacial score (nSPS) is 14.3. The number of carbonyl (C=O) groups excluding carboxylic acids is 1. The standard InChI is InChI=1S/C24H36N4O4/c1-5-18(6-2)17-27-10-9-20-23(24(30)31-4)21(14-22(29)28(20)12-11-27)32-13-7-8-19-15-25-26(3)16-19/h14-16,18H,5-13,17H2,1-4H3. The van der Waals surface area contributed by atoms with Gasteiger partial charge in [0.25, 0.3) is 5.56 Å². The molecule has 8 heteroatoms. The summed E-state index contributed by atoms with van der Waals surface area (Å²) in [6.07, 6.45) is 8.29. The van der Waals surface area contributed by atoms with Crippen molar-refractivity contribution in [2.45, 2.75) is 52.5 Å². The fourth-order valence-electron chi connectivity index (χ4n) is 4.38. The van der Waals surface area contributed by atoms with Gasteiger partial charge in [-0.3, -0.25) is 9.48 Å². The number of fused-ring (bicyclic) bond motifs is 1. The molecule has 0 saturated heterocycles. The van der Waals surface area contributed by atoms with Gasteiger partial charge in [-0.15, -0.1) is 0 Å². The summed E-state index contributed by atoms with van der Waals surface area (Å²) in [6, 6.07) is 1.44. The Morgan fingerprint density at radius 1 is 1.22 bits per heavy atom. The number of rotatable bonds is 10. The van der Waals surface area contributed by atoms with Gasteiger partial charge in [-0.1, -0.05) is 26.7 Å². The number of pyridine rings is 1. The molecule has 176 valence electrons. The number of hydrogen-bond acceptors (Lipinski definition) is 6. The van der Waals surface area contributed by atoms with E-state index in [4.69, 9.17) is 9.47 Å². The SMILES string of the molecule is CCC(CC)CN1CCc2c(C(=O)OC)c(OCCCc3cnn(C)c3)cc(=O)n2CC1. The van der Waals surface area contributed by atoms with Crippen LogP contribution in [-0.4, -0.2) is 58.6 Å². The van der Waals surface area contributed by atoms with E-state index in [0.29, 0.717) is 36.8 Å². The molecule has 1 aliphatic heterocycles. The van der Waals surface area contributed by atoms with Gasteiger partial charge in [0, 0.05) is 57.6 Å². The van der Waals surface area contributed by atoms with Crippen molar-refractivity contribution in [2.24, 2.45) is 13.0 Å². The zero-order chi connectivity index (χ0) is 23.1. The summed E-state index contributed by atoms with van der Waals surface area (Å²) in [7, 11) is 3.25. The third kappa shape index (κ3) is 5.79. The van der Waals surface area contributed by atoms with E-state index in [1.165, 1.54) is 13.2 Å². The van der Waals surface area contributed by atoms with E-state index in [0.717, 1.165) is 56.6 Å². The number of esters is 1. The van der Waals surface area contributed by atoms with Crippen LogP contribution in [0.2, 0.25) is 0 Å². The highest BCUT2D eigenvalue weighted by Gasteiger charge is 2.26. The molecule has 0 aromatic carbocycles. The number of methoxy groups -OCH3 is 1. The molecule has 0 bridgehead atoms. The highest BCUT2D eigenvalue weighted by atomic mass is 16.5. The Bertz CT molecular complexity index is 961. The Labute approximate surface area is 190 Å². The van der Waals surface area contributed by atoms with E-state index in [9.17, 15) is 9.59 Å². The average Bonchev–Trinajstić information content (AvgIpc) is 3.09. The highest BCUT2D eigenvalue weighted by molar-refractivity contribution is 5.93. The smallest absolute Gasteiger partial charge is 0.343 e. The van der Waals surface area contributed by atoms with Crippen LogP contribution in [0, 0.1) is 5.92 Å². The monoisotopic (exact) mass is 444 g/mol. The summed E-state index contributed by atoms with van der Waals surface area (Å²) >= 11 is 0. The van der Waals surface area contributed by atoms with E-state index in [-0.39, 0.29) is 5.56 Å². The first-order valence-electron chi connectivity index (χ1n) is 11.6. The second kappa shape index (κ2) is 11.3. The van der Waals surface area contributed by atoms with E-state index >= 15 is 0 Å². The number of ether oxygens (including phenoxy) is 2. The number of aryl methyl sites for hydroxylation is 2. The third-order valence-electron chi connectivity index (χ3n) is 6.37. The number of carbonyl (C=O) groups is 1. The lowest BCUT2D eigenvalue weighted by molar-refractivity contribution is 0.0593. The minimum Gasteiger partial charge on any atom is -0.492 e. The molecule has 0 spiro atoms. The van der Waals surface area contributed by atoms with Crippen molar-refractivity contribution in [2.75, 3.05) is 33.4 Å². The molecule has 0 radical (unpaired) electrons. The lowest BCUT2D eigenvalue weighted by Crippen LogP contribution is -2.32. The molecular weight excluding hydrogens is 408 g/mol. The molecule has 2 aromatic heterocycles. The molecule has 8 nitrogen and oxygen atoms in total. The Morgan fingerprint density at radius 2 is 2.00 bits per heavy atom. The Hall–Kier alpha value is -2.61. The molecular formula is C24H36N4O4. The molecule has 0 N–H and O–H groups in total. The quantitative estimate of drug-likeness (QED) is 0.414. The fraction of sp³-hybridized carbons (Fsp3) is 0.625. The summed E-state index contributed by atoms with van der Waals surface area (Å²) in [6.45, 7) is 8.04. The number of nitrogens with zero attached hydrogens (tertiary/aromatic N) is 4. The largest absolute Gasteiger partial charge is 0.492 e. The highest BCUT2D eigenvalue weighted by Crippen LogP contribution is 2.25. The number of aromatic nitrogens is 3. The Morgan fingerprint density at radius 3 is 2.66 bits per heavy atom. The van der Waals surface area contributed by atoms with Gasteiger partial charge in [-0.2, -0.15) is 5.10 Å². The maximum absolute atomic E-state index is 12.9. The van der Waals surface area contributed by atoms with Crippen molar-refractivity contribution in [3.63, 3.8) is 0 Å². The fourth-order valence-corrected chi connectivity index (χ4v) is 4.38. The second-order valence-electron chi connectivity index (χ2n) is 8.52. The summed E-state index contributed by atoms with van der Waals surface area (Å²) in [5.41, 5.74) is 2.11. The van der Waals surface area contributed by atoms with Crippen molar-refractivity contribution in [1.29, 1.82) is 0 Å². The summed E-state index contributed by atoms with van der Waals surface area (Å²) < 4.78 is 14.5. The topological polar surface area (TPSA) is 78.6 Å². The molecule has 3 rings (SSSR count). The maximum Gasteiger partial charge on any atom is 0.343 e. The van der Waals surface area contributed by atoms with Gasteiger partial charge in [0.05, 0.1) is 19.9 Å². The van der Waals surface area contributed by atoms with E-state index in [1.807, 2.05) is 19.4 Å². The second-order valence-corrected chi connectivity index (χ2v) is 8.52. The first-order chi connectivity index (χ1) is 15.5. The third-order valence-corrected chi connectivity index (χ3v) is 6.37. The zero-order valence-electron chi connectivity index (χ0n) is 19.8. The van der Waals surface area contributed by atoms with Crippen LogP contribution in [0.25, 0.3) is 0 Å². The number of hydrogen-bond donors (Lipinski definition) is 0. The first-order valence-corrected chi connectivity index (χ1v) is 11.6. The van der Waals surface area contributed by atoms with Crippen molar-refractivity contribution in [3.8, 4) is 5.75 Å². The van der Waals surface area contributed by atoms with Crippen LogP contribution in [0.4, 0.5) is 0 Å². The molecule has 0 atom stereocenters. The molecule has 32 heavy (non-hydrogen) atoms. The maximum atomic E-state index is 12.9. The van der Waals surface area contributed by atoms with Crippen molar-refractivity contribution in [1.82, 2.24) is 19.2 Å². The molecule has 1 aliphatic rings. The molecule has 0 unspecified atom stereocenters. The Balaban J connectivity index is 1.76. The van der Waals surface area contributed by atoms with Gasteiger partial charge in [0.15, 0.2) is 0 Å². The van der Waals surface area contributed by atoms with Crippen LogP contribution < -0.4 is 10.3 Å². The van der Waals surface area contributed by atoms with Crippen molar-refractivity contribution in [3.05, 3.63) is 45.6 Å².